The normalized spacial score (nSPS) is 14.7. The van der Waals surface area contributed by atoms with Crippen molar-refractivity contribution in [3.8, 4) is 11.6 Å². The summed E-state index contributed by atoms with van der Waals surface area (Å²) >= 11 is 0. The molecule has 1 aliphatic heterocycles. The lowest BCUT2D eigenvalue weighted by Gasteiger charge is -2.26. The fraction of sp³-hybridized carbons (Fsp3) is 0.280. The SMILES string of the molecule is Cc1cc2c(F)c(Oc3ccnc(Nc4cccc(S(=O)(=O)CCN5CCOCC5)c4)n3)ccc2[nH]1. The molecule has 9 nitrogen and oxygen atoms in total. The van der Waals surface area contributed by atoms with Gasteiger partial charge in [-0.05, 0) is 43.3 Å². The van der Waals surface area contributed by atoms with E-state index in [4.69, 9.17) is 9.47 Å². The summed E-state index contributed by atoms with van der Waals surface area (Å²) in [6.07, 6.45) is 1.48. The molecule has 2 aromatic heterocycles. The van der Waals surface area contributed by atoms with Gasteiger partial charge >= 0.3 is 0 Å². The van der Waals surface area contributed by atoms with Crippen LogP contribution < -0.4 is 10.1 Å². The van der Waals surface area contributed by atoms with Crippen LogP contribution in [0.5, 0.6) is 11.6 Å². The molecule has 4 aromatic rings. The van der Waals surface area contributed by atoms with Gasteiger partial charge in [-0.1, -0.05) is 6.07 Å². The average molecular weight is 512 g/mol. The minimum Gasteiger partial charge on any atom is -0.436 e. The molecule has 1 fully saturated rings. The summed E-state index contributed by atoms with van der Waals surface area (Å²) in [7, 11) is -3.48. The van der Waals surface area contributed by atoms with Gasteiger partial charge in [0.05, 0.1) is 23.9 Å². The molecular formula is C25H26FN5O4S. The summed E-state index contributed by atoms with van der Waals surface area (Å²) in [6.45, 7) is 5.01. The molecule has 5 rings (SSSR count). The number of anilines is 2. The van der Waals surface area contributed by atoms with E-state index >= 15 is 0 Å². The van der Waals surface area contributed by atoms with Crippen molar-refractivity contribution in [2.24, 2.45) is 0 Å². The number of nitrogens with zero attached hydrogens (tertiary/aromatic N) is 3. The van der Waals surface area contributed by atoms with Crippen LogP contribution in [-0.2, 0) is 14.6 Å². The monoisotopic (exact) mass is 511 g/mol. The molecule has 1 saturated heterocycles. The van der Waals surface area contributed by atoms with E-state index in [1.54, 1.807) is 36.4 Å². The molecule has 0 spiro atoms. The number of sulfone groups is 1. The van der Waals surface area contributed by atoms with Crippen LogP contribution in [0.3, 0.4) is 0 Å². The number of rotatable bonds is 8. The van der Waals surface area contributed by atoms with Crippen molar-refractivity contribution in [2.75, 3.05) is 43.9 Å². The van der Waals surface area contributed by atoms with Crippen LogP contribution in [0.15, 0.2) is 59.6 Å². The van der Waals surface area contributed by atoms with E-state index in [1.807, 2.05) is 6.92 Å². The van der Waals surface area contributed by atoms with Gasteiger partial charge in [-0.2, -0.15) is 4.98 Å². The second kappa shape index (κ2) is 10.2. The maximum atomic E-state index is 14.9. The summed E-state index contributed by atoms with van der Waals surface area (Å²) < 4.78 is 51.7. The van der Waals surface area contributed by atoms with E-state index in [1.165, 1.54) is 18.3 Å². The Balaban J connectivity index is 1.29. The first-order chi connectivity index (χ1) is 17.4. The lowest BCUT2D eigenvalue weighted by atomic mass is 10.2. The zero-order valence-electron chi connectivity index (χ0n) is 19.7. The predicted molar refractivity (Wildman–Crippen MR) is 134 cm³/mol. The van der Waals surface area contributed by atoms with Gasteiger partial charge in [0.25, 0.3) is 0 Å². The predicted octanol–water partition coefficient (Wildman–Crippen LogP) is 4.05. The summed E-state index contributed by atoms with van der Waals surface area (Å²) in [5.41, 5.74) is 2.04. The molecule has 11 heteroatoms. The van der Waals surface area contributed by atoms with Crippen molar-refractivity contribution in [2.45, 2.75) is 11.8 Å². The molecule has 188 valence electrons. The molecule has 0 atom stereocenters. The van der Waals surface area contributed by atoms with Gasteiger partial charge in [0.1, 0.15) is 0 Å². The van der Waals surface area contributed by atoms with Crippen molar-refractivity contribution in [1.82, 2.24) is 19.9 Å². The highest BCUT2D eigenvalue weighted by Gasteiger charge is 2.19. The van der Waals surface area contributed by atoms with E-state index in [9.17, 15) is 12.8 Å². The number of benzene rings is 2. The van der Waals surface area contributed by atoms with Gasteiger partial charge in [0, 0.05) is 54.2 Å². The maximum Gasteiger partial charge on any atom is 0.230 e. The van der Waals surface area contributed by atoms with Crippen LogP contribution in [0.4, 0.5) is 16.0 Å². The fourth-order valence-corrected chi connectivity index (χ4v) is 5.35. The van der Waals surface area contributed by atoms with Gasteiger partial charge in [0.2, 0.25) is 11.8 Å². The van der Waals surface area contributed by atoms with Gasteiger partial charge in [-0.25, -0.2) is 17.8 Å². The van der Waals surface area contributed by atoms with Crippen LogP contribution in [0.1, 0.15) is 5.69 Å². The molecule has 0 aliphatic carbocycles. The molecule has 0 amide bonds. The first-order valence-electron chi connectivity index (χ1n) is 11.6. The molecule has 0 saturated carbocycles. The number of H-pyrrole nitrogens is 1. The molecular weight excluding hydrogens is 485 g/mol. The van der Waals surface area contributed by atoms with E-state index in [0.717, 1.165) is 18.8 Å². The van der Waals surface area contributed by atoms with Crippen molar-refractivity contribution in [1.29, 1.82) is 0 Å². The number of aryl methyl sites for hydroxylation is 1. The number of morpholine rings is 1. The van der Waals surface area contributed by atoms with Crippen LogP contribution in [0.25, 0.3) is 10.9 Å². The average Bonchev–Trinajstić information content (AvgIpc) is 3.27. The molecule has 0 radical (unpaired) electrons. The summed E-state index contributed by atoms with van der Waals surface area (Å²) in [5, 5.41) is 3.44. The Bertz CT molecular complexity index is 1490. The molecule has 3 heterocycles. The first kappa shape index (κ1) is 24.2. The highest BCUT2D eigenvalue weighted by Crippen LogP contribution is 2.30. The third-order valence-electron chi connectivity index (χ3n) is 5.91. The number of aromatic amines is 1. The number of fused-ring (bicyclic) bond motifs is 1. The van der Waals surface area contributed by atoms with Crippen molar-refractivity contribution in [3.05, 3.63) is 66.2 Å². The number of nitrogens with one attached hydrogen (secondary N) is 2. The smallest absolute Gasteiger partial charge is 0.230 e. The molecule has 36 heavy (non-hydrogen) atoms. The Morgan fingerprint density at radius 1 is 1.17 bits per heavy atom. The maximum absolute atomic E-state index is 14.9. The van der Waals surface area contributed by atoms with Crippen LogP contribution in [0, 0.1) is 12.7 Å². The number of halogens is 1. The third-order valence-corrected chi connectivity index (χ3v) is 7.60. The summed E-state index contributed by atoms with van der Waals surface area (Å²) in [6, 6.07) is 13.0. The summed E-state index contributed by atoms with van der Waals surface area (Å²) in [4.78, 5) is 13.8. The quantitative estimate of drug-likeness (QED) is 0.365. The Hall–Kier alpha value is -3.54. The first-order valence-corrected chi connectivity index (χ1v) is 13.2. The Morgan fingerprint density at radius 3 is 2.83 bits per heavy atom. The van der Waals surface area contributed by atoms with Crippen LogP contribution in [-0.4, -0.2) is 66.9 Å². The standard InChI is InChI=1S/C25H26FN5O4S/c1-17-15-20-21(28-17)5-6-22(24(20)26)35-23-7-8-27-25(30-23)29-18-3-2-4-19(16-18)36(32,33)14-11-31-9-12-34-13-10-31/h2-8,15-16,28H,9-14H2,1H3,(H,27,29,30). The second-order valence-electron chi connectivity index (χ2n) is 8.54. The minimum atomic E-state index is -3.48. The molecule has 0 bridgehead atoms. The molecule has 2 N–H and O–H groups in total. The van der Waals surface area contributed by atoms with Crippen molar-refractivity contribution < 1.29 is 22.3 Å². The van der Waals surface area contributed by atoms with Crippen molar-refractivity contribution in [3.63, 3.8) is 0 Å². The highest BCUT2D eigenvalue weighted by atomic mass is 32.2. The van der Waals surface area contributed by atoms with E-state index in [2.05, 4.69) is 25.2 Å². The van der Waals surface area contributed by atoms with E-state index < -0.39 is 15.7 Å². The lowest BCUT2D eigenvalue weighted by molar-refractivity contribution is 0.0408. The number of hydrogen-bond donors (Lipinski definition) is 2. The molecule has 0 unspecified atom stereocenters. The number of hydrogen-bond acceptors (Lipinski definition) is 8. The summed E-state index contributed by atoms with van der Waals surface area (Å²) in [5.74, 6) is -0.0894. The van der Waals surface area contributed by atoms with Crippen molar-refractivity contribution >= 4 is 32.4 Å². The van der Waals surface area contributed by atoms with Crippen LogP contribution >= 0.6 is 0 Å². The second-order valence-corrected chi connectivity index (χ2v) is 10.6. The lowest BCUT2D eigenvalue weighted by Crippen LogP contribution is -2.39. The third kappa shape index (κ3) is 5.48. The molecule has 1 aliphatic rings. The zero-order valence-corrected chi connectivity index (χ0v) is 20.5. The molecule has 2 aromatic carbocycles. The van der Waals surface area contributed by atoms with E-state index in [-0.39, 0.29) is 28.2 Å². The van der Waals surface area contributed by atoms with Gasteiger partial charge in [0.15, 0.2) is 21.4 Å². The zero-order chi connectivity index (χ0) is 25.1. The Kier molecular flexibility index (Phi) is 6.86. The Labute approximate surface area is 208 Å². The number of ether oxygens (including phenoxy) is 2. The Morgan fingerprint density at radius 2 is 2.00 bits per heavy atom. The topological polar surface area (TPSA) is 109 Å². The van der Waals surface area contributed by atoms with Gasteiger partial charge < -0.3 is 19.8 Å². The van der Waals surface area contributed by atoms with Crippen LogP contribution in [0.2, 0.25) is 0 Å². The largest absolute Gasteiger partial charge is 0.436 e. The van der Waals surface area contributed by atoms with E-state index in [0.29, 0.717) is 36.3 Å². The number of aromatic nitrogens is 3. The highest BCUT2D eigenvalue weighted by molar-refractivity contribution is 7.91. The minimum absolute atomic E-state index is 0.0207. The van der Waals surface area contributed by atoms with Gasteiger partial charge in [-0.15, -0.1) is 0 Å². The fourth-order valence-electron chi connectivity index (χ4n) is 4.03. The van der Waals surface area contributed by atoms with Gasteiger partial charge in [-0.3, -0.25) is 4.90 Å².